The molecule has 0 radical (unpaired) electrons. The van der Waals surface area contributed by atoms with Crippen LogP contribution in [0, 0.1) is 5.82 Å². The van der Waals surface area contributed by atoms with E-state index < -0.39 is 11.4 Å². The maximum absolute atomic E-state index is 14.1. The van der Waals surface area contributed by atoms with Crippen LogP contribution >= 0.6 is 11.6 Å². The normalized spacial score (nSPS) is 14.1. The Balaban J connectivity index is 2.56. The Labute approximate surface area is 117 Å². The van der Waals surface area contributed by atoms with Crippen LogP contribution in [0.3, 0.4) is 0 Å². The molecule has 0 heterocycles. The monoisotopic (exact) mass is 278 g/mol. The lowest BCUT2D eigenvalue weighted by atomic mass is 9.82. The van der Waals surface area contributed by atoms with Crippen molar-refractivity contribution in [2.24, 2.45) is 0 Å². The van der Waals surface area contributed by atoms with Crippen molar-refractivity contribution in [3.8, 4) is 0 Å². The minimum Gasteiger partial charge on any atom is -0.380 e. The van der Waals surface area contributed by atoms with Gasteiger partial charge in [-0.25, -0.2) is 4.39 Å². The zero-order valence-electron chi connectivity index (χ0n) is 10.7. The Morgan fingerprint density at radius 3 is 2.42 bits per heavy atom. The summed E-state index contributed by atoms with van der Waals surface area (Å²) in [7, 11) is 0. The summed E-state index contributed by atoms with van der Waals surface area (Å²) in [4.78, 5) is 0. The second-order valence-electron chi connectivity index (χ2n) is 4.60. The topological polar surface area (TPSA) is 20.2 Å². The summed E-state index contributed by atoms with van der Waals surface area (Å²) in [5, 5.41) is 11.3. The van der Waals surface area contributed by atoms with Crippen LogP contribution in [-0.4, -0.2) is 5.11 Å². The minimum atomic E-state index is -1.31. The molecule has 2 rings (SSSR count). The van der Waals surface area contributed by atoms with Crippen LogP contribution in [0.5, 0.6) is 0 Å². The van der Waals surface area contributed by atoms with Crippen molar-refractivity contribution in [3.05, 3.63) is 70.5 Å². The third-order valence-corrected chi connectivity index (χ3v) is 3.47. The quantitative estimate of drug-likeness (QED) is 0.872. The average molecular weight is 279 g/mol. The highest BCUT2D eigenvalue weighted by molar-refractivity contribution is 6.30. The molecule has 1 N–H and O–H groups in total. The van der Waals surface area contributed by atoms with Gasteiger partial charge in [0.15, 0.2) is 0 Å². The van der Waals surface area contributed by atoms with Gasteiger partial charge in [0.05, 0.1) is 0 Å². The highest BCUT2D eigenvalue weighted by Gasteiger charge is 2.33. The lowest BCUT2D eigenvalue weighted by Gasteiger charge is -2.29. The van der Waals surface area contributed by atoms with Crippen molar-refractivity contribution in [2.45, 2.75) is 25.4 Å². The molecule has 0 aliphatic rings. The molecule has 0 bridgehead atoms. The molecule has 0 saturated heterocycles. The molecule has 0 amide bonds. The van der Waals surface area contributed by atoms with E-state index in [4.69, 9.17) is 11.6 Å². The molecule has 0 aliphatic carbocycles. The van der Waals surface area contributed by atoms with Crippen molar-refractivity contribution in [1.82, 2.24) is 0 Å². The van der Waals surface area contributed by atoms with Crippen LogP contribution in [0.25, 0.3) is 0 Å². The van der Waals surface area contributed by atoms with Crippen molar-refractivity contribution < 1.29 is 9.50 Å². The molecular weight excluding hydrogens is 263 g/mol. The third-order valence-electron chi connectivity index (χ3n) is 3.24. The van der Waals surface area contributed by atoms with Crippen molar-refractivity contribution >= 4 is 11.6 Å². The molecule has 1 unspecified atom stereocenters. The Morgan fingerprint density at radius 1 is 1.16 bits per heavy atom. The van der Waals surface area contributed by atoms with Gasteiger partial charge in [0.2, 0.25) is 0 Å². The summed E-state index contributed by atoms with van der Waals surface area (Å²) in [5.41, 5.74) is -0.354. The molecule has 0 fully saturated rings. The Morgan fingerprint density at radius 2 is 1.84 bits per heavy atom. The van der Waals surface area contributed by atoms with Gasteiger partial charge in [-0.15, -0.1) is 0 Å². The summed E-state index contributed by atoms with van der Waals surface area (Å²) in [6.07, 6.45) is 1.20. The van der Waals surface area contributed by atoms with Gasteiger partial charge in [-0.2, -0.15) is 0 Å². The predicted molar refractivity (Wildman–Crippen MR) is 75.8 cm³/mol. The first-order valence-electron chi connectivity index (χ1n) is 6.31. The maximum atomic E-state index is 14.1. The fraction of sp³-hybridized carbons (Fsp3) is 0.250. The Kier molecular flexibility index (Phi) is 4.23. The first kappa shape index (κ1) is 14.0. The standard InChI is InChI=1S/C16H16ClFO/c1-2-10-16(19,12-6-4-3-5-7-12)14-9-8-13(17)11-15(14)18/h3-9,11,19H,2,10H2,1H3. The zero-order valence-corrected chi connectivity index (χ0v) is 11.5. The Bertz CT molecular complexity index is 556. The van der Waals surface area contributed by atoms with Gasteiger partial charge < -0.3 is 5.11 Å². The molecule has 1 nitrogen and oxygen atoms in total. The lowest BCUT2D eigenvalue weighted by Crippen LogP contribution is -2.28. The fourth-order valence-electron chi connectivity index (χ4n) is 2.34. The smallest absolute Gasteiger partial charge is 0.131 e. The number of benzene rings is 2. The third kappa shape index (κ3) is 2.80. The van der Waals surface area contributed by atoms with E-state index in [-0.39, 0.29) is 5.56 Å². The average Bonchev–Trinajstić information content (AvgIpc) is 2.39. The molecular formula is C16H16ClFO. The van der Waals surface area contributed by atoms with E-state index in [1.54, 1.807) is 12.1 Å². The molecule has 0 saturated carbocycles. The predicted octanol–water partition coefficient (Wildman–Crippen LogP) is 4.52. The lowest BCUT2D eigenvalue weighted by molar-refractivity contribution is 0.0663. The first-order chi connectivity index (χ1) is 9.08. The van der Waals surface area contributed by atoms with E-state index in [1.165, 1.54) is 6.07 Å². The SMILES string of the molecule is CCCC(O)(c1ccccc1)c1ccc(Cl)cc1F. The fourth-order valence-corrected chi connectivity index (χ4v) is 2.49. The van der Waals surface area contributed by atoms with Gasteiger partial charge in [0.1, 0.15) is 11.4 Å². The summed E-state index contributed by atoms with van der Waals surface area (Å²) in [5.74, 6) is -0.479. The number of hydrogen-bond acceptors (Lipinski definition) is 1. The van der Waals surface area contributed by atoms with E-state index in [9.17, 15) is 9.50 Å². The molecule has 19 heavy (non-hydrogen) atoms. The van der Waals surface area contributed by atoms with Crippen LogP contribution in [0.4, 0.5) is 4.39 Å². The van der Waals surface area contributed by atoms with Crippen LogP contribution in [-0.2, 0) is 5.60 Å². The second-order valence-corrected chi connectivity index (χ2v) is 5.04. The van der Waals surface area contributed by atoms with E-state index in [0.29, 0.717) is 17.0 Å². The molecule has 3 heteroatoms. The van der Waals surface area contributed by atoms with Crippen LogP contribution < -0.4 is 0 Å². The van der Waals surface area contributed by atoms with Crippen LogP contribution in [0.1, 0.15) is 30.9 Å². The number of aliphatic hydroxyl groups is 1. The largest absolute Gasteiger partial charge is 0.380 e. The minimum absolute atomic E-state index is 0.268. The summed E-state index contributed by atoms with van der Waals surface area (Å²) < 4.78 is 14.1. The van der Waals surface area contributed by atoms with Gasteiger partial charge in [-0.1, -0.05) is 61.3 Å². The number of rotatable bonds is 4. The number of halogens is 2. The first-order valence-corrected chi connectivity index (χ1v) is 6.69. The summed E-state index contributed by atoms with van der Waals surface area (Å²) in [6, 6.07) is 13.6. The molecule has 0 aliphatic heterocycles. The van der Waals surface area contributed by atoms with E-state index in [2.05, 4.69) is 0 Å². The van der Waals surface area contributed by atoms with Crippen LogP contribution in [0.2, 0.25) is 5.02 Å². The Hall–Kier alpha value is -1.38. The maximum Gasteiger partial charge on any atom is 0.131 e. The van der Waals surface area contributed by atoms with Gasteiger partial charge in [0, 0.05) is 10.6 Å². The zero-order chi connectivity index (χ0) is 13.9. The highest BCUT2D eigenvalue weighted by Crippen LogP contribution is 2.36. The van der Waals surface area contributed by atoms with Crippen molar-refractivity contribution in [2.75, 3.05) is 0 Å². The van der Waals surface area contributed by atoms with Gasteiger partial charge in [-0.3, -0.25) is 0 Å². The second kappa shape index (κ2) is 5.72. The molecule has 2 aromatic rings. The summed E-state index contributed by atoms with van der Waals surface area (Å²) >= 11 is 5.77. The molecule has 0 aromatic heterocycles. The van der Waals surface area contributed by atoms with E-state index in [0.717, 1.165) is 6.42 Å². The van der Waals surface area contributed by atoms with Crippen LogP contribution in [0.15, 0.2) is 48.5 Å². The number of hydrogen-bond donors (Lipinski definition) is 1. The van der Waals surface area contributed by atoms with Gasteiger partial charge >= 0.3 is 0 Å². The van der Waals surface area contributed by atoms with E-state index >= 15 is 0 Å². The summed E-state index contributed by atoms with van der Waals surface area (Å²) in [6.45, 7) is 1.96. The molecule has 2 aromatic carbocycles. The molecule has 100 valence electrons. The van der Waals surface area contributed by atoms with E-state index in [1.807, 2.05) is 37.3 Å². The van der Waals surface area contributed by atoms with Gasteiger partial charge in [0.25, 0.3) is 0 Å². The van der Waals surface area contributed by atoms with Crippen molar-refractivity contribution in [1.29, 1.82) is 0 Å². The van der Waals surface area contributed by atoms with Crippen molar-refractivity contribution in [3.63, 3.8) is 0 Å². The molecule has 0 spiro atoms. The van der Waals surface area contributed by atoms with Gasteiger partial charge in [-0.05, 0) is 24.1 Å². The highest BCUT2D eigenvalue weighted by atomic mass is 35.5. The molecule has 1 atom stereocenters.